The second-order valence-corrected chi connectivity index (χ2v) is 6.49. The van der Waals surface area contributed by atoms with Crippen molar-refractivity contribution in [2.75, 3.05) is 12.5 Å². The van der Waals surface area contributed by atoms with Gasteiger partial charge in [0, 0.05) is 6.42 Å². The predicted molar refractivity (Wildman–Crippen MR) is 82.7 cm³/mol. The summed E-state index contributed by atoms with van der Waals surface area (Å²) in [4.78, 5) is 24.9. The zero-order chi connectivity index (χ0) is 17.7. The van der Waals surface area contributed by atoms with E-state index in [1.807, 2.05) is 6.07 Å². The predicted octanol–water partition coefficient (Wildman–Crippen LogP) is 1.09. The van der Waals surface area contributed by atoms with Gasteiger partial charge in [-0.25, -0.2) is 9.59 Å². The fourth-order valence-electron chi connectivity index (χ4n) is 2.56. The molecule has 8 nitrogen and oxygen atoms in total. The molecule has 1 aliphatic rings. The van der Waals surface area contributed by atoms with Gasteiger partial charge in [-0.05, 0) is 23.6 Å². The van der Waals surface area contributed by atoms with Gasteiger partial charge in [-0.3, -0.25) is 9.11 Å². The lowest BCUT2D eigenvalue weighted by molar-refractivity contribution is -0.148. The number of carboxylic acids is 1. The monoisotopic (exact) mass is 356 g/mol. The molecule has 1 aliphatic heterocycles. The number of nitrogens with zero attached hydrogens (tertiary/aromatic N) is 1. The number of benzene rings is 1. The molecule has 1 amide bonds. The van der Waals surface area contributed by atoms with E-state index in [0.29, 0.717) is 0 Å². The largest absolute Gasteiger partial charge is 0.771 e. The maximum absolute atomic E-state index is 12.3. The first kappa shape index (κ1) is 18.4. The molecule has 9 heteroatoms. The van der Waals surface area contributed by atoms with Crippen LogP contribution in [0.5, 0.6) is 0 Å². The van der Waals surface area contributed by atoms with E-state index in [9.17, 15) is 23.5 Å². The SMILES string of the molecule is CC1(C(=O)O)CC(OCS(=O)[O-])CN1C(=O)OCc1ccccc1. The number of likely N-dealkylation sites (tertiary alicyclic amines) is 1. The van der Waals surface area contributed by atoms with Gasteiger partial charge in [0.05, 0.1) is 12.6 Å². The molecular weight excluding hydrogens is 338 g/mol. The lowest BCUT2D eigenvalue weighted by atomic mass is 9.99. The summed E-state index contributed by atoms with van der Waals surface area (Å²) < 4.78 is 31.5. The molecule has 132 valence electrons. The molecule has 3 atom stereocenters. The molecule has 0 aromatic heterocycles. The van der Waals surface area contributed by atoms with Crippen LogP contribution in [0.25, 0.3) is 0 Å². The molecule has 1 aromatic carbocycles. The van der Waals surface area contributed by atoms with E-state index in [-0.39, 0.29) is 19.6 Å². The van der Waals surface area contributed by atoms with E-state index >= 15 is 0 Å². The molecule has 1 N–H and O–H groups in total. The Morgan fingerprint density at radius 2 is 2.08 bits per heavy atom. The number of ether oxygens (including phenoxy) is 2. The summed E-state index contributed by atoms with van der Waals surface area (Å²) in [5.74, 6) is -1.75. The van der Waals surface area contributed by atoms with Crippen molar-refractivity contribution in [3.8, 4) is 0 Å². The Balaban J connectivity index is 2.03. The molecule has 0 saturated carbocycles. The summed E-state index contributed by atoms with van der Waals surface area (Å²) in [6.45, 7) is 1.35. The van der Waals surface area contributed by atoms with Crippen molar-refractivity contribution in [1.29, 1.82) is 0 Å². The number of rotatable bonds is 6. The van der Waals surface area contributed by atoms with Crippen molar-refractivity contribution in [3.63, 3.8) is 0 Å². The number of hydrogen-bond donors (Lipinski definition) is 1. The van der Waals surface area contributed by atoms with Gasteiger partial charge in [-0.2, -0.15) is 0 Å². The Morgan fingerprint density at radius 1 is 1.42 bits per heavy atom. The van der Waals surface area contributed by atoms with Crippen molar-refractivity contribution in [2.45, 2.75) is 31.6 Å². The van der Waals surface area contributed by atoms with Crippen molar-refractivity contribution >= 4 is 23.1 Å². The molecule has 3 unspecified atom stereocenters. The van der Waals surface area contributed by atoms with Crippen LogP contribution >= 0.6 is 0 Å². The van der Waals surface area contributed by atoms with Gasteiger partial charge >= 0.3 is 12.1 Å². The average Bonchev–Trinajstić information content (AvgIpc) is 2.90. The minimum absolute atomic E-state index is 0.0139. The number of carbonyl (C=O) groups excluding carboxylic acids is 1. The minimum atomic E-state index is -2.40. The number of hydrogen-bond acceptors (Lipinski definition) is 6. The zero-order valence-electron chi connectivity index (χ0n) is 13.0. The zero-order valence-corrected chi connectivity index (χ0v) is 13.9. The Kier molecular flexibility index (Phi) is 5.92. The number of carboxylic acid groups (broad SMARTS) is 1. The van der Waals surface area contributed by atoms with E-state index < -0.39 is 40.7 Å². The van der Waals surface area contributed by atoms with Gasteiger partial charge in [0.15, 0.2) is 0 Å². The highest BCUT2D eigenvalue weighted by atomic mass is 32.2. The Labute approximate surface area is 141 Å². The molecule has 0 spiro atoms. The lowest BCUT2D eigenvalue weighted by Gasteiger charge is -2.29. The van der Waals surface area contributed by atoms with E-state index in [2.05, 4.69) is 0 Å². The third-order valence-corrected chi connectivity index (χ3v) is 4.22. The van der Waals surface area contributed by atoms with Crippen molar-refractivity contribution in [3.05, 3.63) is 35.9 Å². The van der Waals surface area contributed by atoms with Gasteiger partial charge in [0.1, 0.15) is 18.1 Å². The third kappa shape index (κ3) is 4.31. The highest BCUT2D eigenvalue weighted by molar-refractivity contribution is 7.78. The molecule has 24 heavy (non-hydrogen) atoms. The fourth-order valence-corrected chi connectivity index (χ4v) is 2.87. The fraction of sp³-hybridized carbons (Fsp3) is 0.467. The molecular formula is C15H18NO7S-. The summed E-state index contributed by atoms with van der Waals surface area (Å²) in [6.07, 6.45) is -1.48. The molecule has 1 aromatic rings. The quantitative estimate of drug-likeness (QED) is 0.758. The summed E-state index contributed by atoms with van der Waals surface area (Å²) in [7, 11) is 0. The van der Waals surface area contributed by atoms with Crippen molar-refractivity contribution in [2.24, 2.45) is 0 Å². The Bertz CT molecular complexity index is 624. The second-order valence-electron chi connectivity index (χ2n) is 5.64. The average molecular weight is 356 g/mol. The van der Waals surface area contributed by atoms with Crippen LogP contribution in [0, 0.1) is 0 Å². The molecule has 1 saturated heterocycles. The van der Waals surface area contributed by atoms with Crippen LogP contribution < -0.4 is 0 Å². The summed E-state index contributed by atoms with van der Waals surface area (Å²) in [6, 6.07) is 8.99. The molecule has 0 bridgehead atoms. The van der Waals surface area contributed by atoms with Gasteiger partial charge in [0.25, 0.3) is 0 Å². The van der Waals surface area contributed by atoms with Crippen LogP contribution in [-0.4, -0.2) is 55.0 Å². The molecule has 0 radical (unpaired) electrons. The number of carbonyl (C=O) groups is 2. The van der Waals surface area contributed by atoms with Crippen molar-refractivity contribution < 1.29 is 32.9 Å². The van der Waals surface area contributed by atoms with E-state index in [0.717, 1.165) is 10.5 Å². The van der Waals surface area contributed by atoms with Gasteiger partial charge in [-0.1, -0.05) is 30.3 Å². The number of amides is 1. The van der Waals surface area contributed by atoms with Gasteiger partial charge < -0.3 is 19.1 Å². The highest BCUT2D eigenvalue weighted by Crippen LogP contribution is 2.32. The first-order valence-electron chi connectivity index (χ1n) is 7.22. The summed E-state index contributed by atoms with van der Waals surface area (Å²) in [5, 5.41) is 9.45. The second kappa shape index (κ2) is 7.73. The Morgan fingerprint density at radius 3 is 2.67 bits per heavy atom. The number of aliphatic carboxylic acids is 1. The van der Waals surface area contributed by atoms with Crippen LogP contribution in [-0.2, 0) is 32.0 Å². The van der Waals surface area contributed by atoms with Crippen LogP contribution in [0.15, 0.2) is 30.3 Å². The van der Waals surface area contributed by atoms with Crippen LogP contribution in [0.3, 0.4) is 0 Å². The normalized spacial score (nSPS) is 24.6. The Hall–Kier alpha value is -1.97. The third-order valence-electron chi connectivity index (χ3n) is 3.89. The van der Waals surface area contributed by atoms with E-state index in [4.69, 9.17) is 9.47 Å². The topological polar surface area (TPSA) is 116 Å². The molecule has 0 aliphatic carbocycles. The smallest absolute Gasteiger partial charge is 0.411 e. The van der Waals surface area contributed by atoms with Gasteiger partial charge in [0.2, 0.25) is 0 Å². The van der Waals surface area contributed by atoms with Crippen LogP contribution in [0.4, 0.5) is 4.79 Å². The summed E-state index contributed by atoms with van der Waals surface area (Å²) >= 11 is -2.40. The maximum atomic E-state index is 12.3. The highest BCUT2D eigenvalue weighted by Gasteiger charge is 2.51. The minimum Gasteiger partial charge on any atom is -0.771 e. The molecule has 2 rings (SSSR count). The lowest BCUT2D eigenvalue weighted by Crippen LogP contribution is -2.50. The molecule has 1 heterocycles. The van der Waals surface area contributed by atoms with E-state index in [1.54, 1.807) is 24.3 Å². The van der Waals surface area contributed by atoms with Crippen LogP contribution in [0.1, 0.15) is 18.9 Å². The maximum Gasteiger partial charge on any atom is 0.411 e. The van der Waals surface area contributed by atoms with Crippen molar-refractivity contribution in [1.82, 2.24) is 4.90 Å². The standard InChI is InChI=1S/C15H19NO7S/c1-15(13(17)18)7-12(23-10-24(20)21)8-16(15)14(19)22-9-11-5-3-2-4-6-11/h2-6,12H,7-10H2,1H3,(H,17,18)(H,20,21)/p-1. The van der Waals surface area contributed by atoms with E-state index in [1.165, 1.54) is 6.92 Å². The van der Waals surface area contributed by atoms with Crippen LogP contribution in [0.2, 0.25) is 0 Å². The first-order chi connectivity index (χ1) is 11.3. The summed E-state index contributed by atoms with van der Waals surface area (Å²) in [5.41, 5.74) is -0.736. The van der Waals surface area contributed by atoms with Gasteiger partial charge in [-0.15, -0.1) is 0 Å². The molecule has 1 fully saturated rings. The first-order valence-corrected chi connectivity index (χ1v) is 8.46.